The van der Waals surface area contributed by atoms with E-state index >= 15 is 0 Å². The Morgan fingerprint density at radius 2 is 2.11 bits per heavy atom. The summed E-state index contributed by atoms with van der Waals surface area (Å²) in [4.78, 5) is 13.6. The maximum absolute atomic E-state index is 13.5. The maximum Gasteiger partial charge on any atom is 0.191 e. The van der Waals surface area contributed by atoms with Crippen LogP contribution < -0.4 is 10.6 Å². The normalized spacial score (nSPS) is 11.9. The molecule has 0 atom stereocenters. The first kappa shape index (κ1) is 19.4. The summed E-state index contributed by atoms with van der Waals surface area (Å²) in [6.45, 7) is 8.39. The summed E-state index contributed by atoms with van der Waals surface area (Å²) in [5.41, 5.74) is 3.17. The quantitative estimate of drug-likeness (QED) is 0.428. The number of nitrogens with zero attached hydrogens (tertiary/aromatic N) is 2. The second kappa shape index (κ2) is 8.99. The van der Waals surface area contributed by atoms with Gasteiger partial charge in [0.1, 0.15) is 5.82 Å². The highest BCUT2D eigenvalue weighted by molar-refractivity contribution is 7.11. The number of aromatic amines is 1. The van der Waals surface area contributed by atoms with E-state index in [1.165, 1.54) is 10.9 Å². The molecule has 3 N–H and O–H groups in total. The molecular formula is C20H26FN5S. The van der Waals surface area contributed by atoms with Crippen LogP contribution in [0.1, 0.15) is 28.1 Å². The van der Waals surface area contributed by atoms with Crippen molar-refractivity contribution in [2.75, 3.05) is 19.6 Å². The van der Waals surface area contributed by atoms with Gasteiger partial charge in [-0.15, -0.1) is 11.3 Å². The van der Waals surface area contributed by atoms with Crippen molar-refractivity contribution < 1.29 is 4.39 Å². The second-order valence-electron chi connectivity index (χ2n) is 6.43. The first-order chi connectivity index (χ1) is 13.1. The van der Waals surface area contributed by atoms with Crippen molar-refractivity contribution in [3.05, 3.63) is 51.4 Å². The average Bonchev–Trinajstić information content (AvgIpc) is 3.17. The predicted octanol–water partition coefficient (Wildman–Crippen LogP) is 3.72. The average molecular weight is 388 g/mol. The molecule has 0 bridgehead atoms. The Kier molecular flexibility index (Phi) is 6.45. The molecule has 0 radical (unpaired) electrons. The van der Waals surface area contributed by atoms with Crippen LogP contribution in [0.25, 0.3) is 10.9 Å². The van der Waals surface area contributed by atoms with Crippen molar-refractivity contribution in [3.8, 4) is 0 Å². The Hall–Kier alpha value is -2.41. The van der Waals surface area contributed by atoms with Gasteiger partial charge < -0.3 is 15.6 Å². The number of benzene rings is 1. The predicted molar refractivity (Wildman–Crippen MR) is 111 cm³/mol. The SMILES string of the molecule is CCNC(=NCCc1sc(C)nc1C)NCCc1c[nH]c2ccc(F)cc12. The van der Waals surface area contributed by atoms with Crippen molar-refractivity contribution in [2.45, 2.75) is 33.6 Å². The Morgan fingerprint density at radius 3 is 2.85 bits per heavy atom. The standard InChI is InChI=1S/C20H26FN5S/c1-4-22-20(24-10-8-19-13(2)26-14(3)27-19)23-9-7-15-12-25-18-6-5-16(21)11-17(15)18/h5-6,11-12,25H,4,7-10H2,1-3H3,(H2,22,23,24). The molecule has 27 heavy (non-hydrogen) atoms. The lowest BCUT2D eigenvalue weighted by Crippen LogP contribution is -2.38. The highest BCUT2D eigenvalue weighted by atomic mass is 32.1. The summed E-state index contributed by atoms with van der Waals surface area (Å²) >= 11 is 1.74. The first-order valence-corrected chi connectivity index (χ1v) is 10.1. The fraction of sp³-hybridized carbons (Fsp3) is 0.400. The first-order valence-electron chi connectivity index (χ1n) is 9.27. The van der Waals surface area contributed by atoms with Gasteiger partial charge in [0.25, 0.3) is 0 Å². The molecule has 0 aliphatic rings. The van der Waals surface area contributed by atoms with Gasteiger partial charge in [0.2, 0.25) is 0 Å². The lowest BCUT2D eigenvalue weighted by molar-refractivity contribution is 0.629. The molecule has 0 aliphatic heterocycles. The number of aromatic nitrogens is 2. The molecule has 1 aromatic carbocycles. The summed E-state index contributed by atoms with van der Waals surface area (Å²) < 4.78 is 13.5. The number of hydrogen-bond donors (Lipinski definition) is 3. The fourth-order valence-electron chi connectivity index (χ4n) is 3.09. The van der Waals surface area contributed by atoms with Gasteiger partial charge in [0, 0.05) is 48.0 Å². The van der Waals surface area contributed by atoms with Crippen LogP contribution >= 0.6 is 11.3 Å². The fourth-order valence-corrected chi connectivity index (χ4v) is 4.02. The number of H-pyrrole nitrogens is 1. The van der Waals surface area contributed by atoms with E-state index in [1.54, 1.807) is 23.5 Å². The Bertz CT molecular complexity index is 928. The third kappa shape index (κ3) is 5.07. The number of halogens is 1. The molecule has 0 unspecified atom stereocenters. The zero-order valence-electron chi connectivity index (χ0n) is 16.0. The van der Waals surface area contributed by atoms with E-state index < -0.39 is 0 Å². The Balaban J connectivity index is 1.55. The molecule has 3 rings (SSSR count). The van der Waals surface area contributed by atoms with Crippen LogP contribution in [0, 0.1) is 19.7 Å². The van der Waals surface area contributed by atoms with E-state index in [-0.39, 0.29) is 5.82 Å². The van der Waals surface area contributed by atoms with Gasteiger partial charge in [-0.25, -0.2) is 9.37 Å². The van der Waals surface area contributed by atoms with Gasteiger partial charge in [0.05, 0.1) is 10.7 Å². The summed E-state index contributed by atoms with van der Waals surface area (Å²) in [6, 6.07) is 4.83. The molecule has 144 valence electrons. The smallest absolute Gasteiger partial charge is 0.191 e. The number of fused-ring (bicyclic) bond motifs is 1. The second-order valence-corrected chi connectivity index (χ2v) is 7.72. The number of hydrogen-bond acceptors (Lipinski definition) is 3. The maximum atomic E-state index is 13.5. The zero-order chi connectivity index (χ0) is 19.2. The zero-order valence-corrected chi connectivity index (χ0v) is 16.8. The minimum atomic E-state index is -0.209. The molecule has 0 saturated carbocycles. The number of guanidine groups is 1. The number of thiazole rings is 1. The molecule has 0 amide bonds. The molecule has 2 aromatic heterocycles. The number of nitrogens with one attached hydrogen (secondary N) is 3. The van der Waals surface area contributed by atoms with Gasteiger partial charge in [-0.1, -0.05) is 0 Å². The highest BCUT2D eigenvalue weighted by Gasteiger charge is 2.06. The third-order valence-corrected chi connectivity index (χ3v) is 5.50. The molecule has 2 heterocycles. The topological polar surface area (TPSA) is 65.1 Å². The van der Waals surface area contributed by atoms with Crippen molar-refractivity contribution in [1.29, 1.82) is 0 Å². The van der Waals surface area contributed by atoms with E-state index in [0.717, 1.165) is 65.6 Å². The summed E-state index contributed by atoms with van der Waals surface area (Å²) in [5.74, 6) is 0.599. The monoisotopic (exact) mass is 387 g/mol. The summed E-state index contributed by atoms with van der Waals surface area (Å²) in [6.07, 6.45) is 3.64. The van der Waals surface area contributed by atoms with Crippen molar-refractivity contribution in [1.82, 2.24) is 20.6 Å². The molecule has 7 heteroatoms. The molecule has 0 spiro atoms. The largest absolute Gasteiger partial charge is 0.361 e. The number of aliphatic imine (C=N–C) groups is 1. The number of aryl methyl sites for hydroxylation is 2. The van der Waals surface area contributed by atoms with Crippen molar-refractivity contribution >= 4 is 28.2 Å². The van der Waals surface area contributed by atoms with Crippen molar-refractivity contribution in [3.63, 3.8) is 0 Å². The molecule has 3 aromatic rings. The van der Waals surface area contributed by atoms with Gasteiger partial charge >= 0.3 is 0 Å². The van der Waals surface area contributed by atoms with E-state index in [0.29, 0.717) is 0 Å². The van der Waals surface area contributed by atoms with Crippen LogP contribution in [0.15, 0.2) is 29.4 Å². The van der Waals surface area contributed by atoms with E-state index in [4.69, 9.17) is 0 Å². The minimum Gasteiger partial charge on any atom is -0.361 e. The summed E-state index contributed by atoms with van der Waals surface area (Å²) in [7, 11) is 0. The van der Waals surface area contributed by atoms with Crippen LogP contribution in [0.4, 0.5) is 4.39 Å². The molecule has 5 nitrogen and oxygen atoms in total. The molecule has 0 saturated heterocycles. The number of rotatable bonds is 7. The van der Waals surface area contributed by atoms with Gasteiger partial charge in [-0.2, -0.15) is 0 Å². The third-order valence-electron chi connectivity index (χ3n) is 4.37. The van der Waals surface area contributed by atoms with Crippen LogP contribution in [-0.2, 0) is 12.8 Å². The highest BCUT2D eigenvalue weighted by Crippen LogP contribution is 2.19. The Labute approximate surface area is 163 Å². The van der Waals surface area contributed by atoms with E-state index in [9.17, 15) is 4.39 Å². The van der Waals surface area contributed by atoms with Crippen molar-refractivity contribution in [2.24, 2.45) is 4.99 Å². The lowest BCUT2D eigenvalue weighted by Gasteiger charge is -2.11. The van der Waals surface area contributed by atoms with E-state index in [2.05, 4.69) is 39.4 Å². The Morgan fingerprint density at radius 1 is 1.26 bits per heavy atom. The lowest BCUT2D eigenvalue weighted by atomic mass is 10.1. The van der Waals surface area contributed by atoms with Crippen LogP contribution in [0.2, 0.25) is 0 Å². The molecular weight excluding hydrogens is 361 g/mol. The van der Waals surface area contributed by atoms with E-state index in [1.807, 2.05) is 13.1 Å². The summed E-state index contributed by atoms with van der Waals surface area (Å²) in [5, 5.41) is 8.68. The van der Waals surface area contributed by atoms with Crippen LogP contribution in [0.5, 0.6) is 0 Å². The molecule has 0 fully saturated rings. The molecule has 0 aliphatic carbocycles. The minimum absolute atomic E-state index is 0.209. The van der Waals surface area contributed by atoms with Gasteiger partial charge in [-0.05, 0) is 51.0 Å². The van der Waals surface area contributed by atoms with Crippen LogP contribution in [0.3, 0.4) is 0 Å². The van der Waals surface area contributed by atoms with Gasteiger partial charge in [-0.3, -0.25) is 4.99 Å². The van der Waals surface area contributed by atoms with Gasteiger partial charge in [0.15, 0.2) is 5.96 Å². The van der Waals surface area contributed by atoms with Crippen LogP contribution in [-0.4, -0.2) is 35.6 Å².